The van der Waals surface area contributed by atoms with E-state index in [1.54, 1.807) is 12.1 Å². The van der Waals surface area contributed by atoms with Crippen LogP contribution in [0.3, 0.4) is 0 Å². The van der Waals surface area contributed by atoms with E-state index >= 15 is 0 Å². The number of aryl methyl sites for hydroxylation is 2. The zero-order valence-electron chi connectivity index (χ0n) is 28.0. The topological polar surface area (TPSA) is 17.1 Å². The number of hydrogen-bond donors (Lipinski definition) is 0. The third kappa shape index (κ3) is 54.3. The Morgan fingerprint density at radius 1 is 0.474 bits per heavy atom. The number of aldehydes is 1. The van der Waals surface area contributed by atoms with E-state index in [-0.39, 0.29) is 0 Å². The van der Waals surface area contributed by atoms with Crippen LogP contribution in [0.5, 0.6) is 0 Å². The first kappa shape index (κ1) is 48.4. The van der Waals surface area contributed by atoms with Gasteiger partial charge in [0, 0.05) is 5.56 Å². The minimum absolute atomic E-state index is 0.729. The predicted molar refractivity (Wildman–Crippen MR) is 181 cm³/mol. The van der Waals surface area contributed by atoms with Crippen molar-refractivity contribution in [2.24, 2.45) is 0 Å². The number of benzene rings is 3. The fourth-order valence-electron chi connectivity index (χ4n) is 1.78. The maximum Gasteiger partial charge on any atom is 0.150 e. The smallest absolute Gasteiger partial charge is 0.150 e. The highest BCUT2D eigenvalue weighted by atomic mass is 16.1. The largest absolute Gasteiger partial charge is 0.298 e. The van der Waals surface area contributed by atoms with E-state index in [0.29, 0.717) is 0 Å². The van der Waals surface area contributed by atoms with Gasteiger partial charge in [0.05, 0.1) is 0 Å². The van der Waals surface area contributed by atoms with Crippen LogP contribution in [0.1, 0.15) is 131 Å². The Morgan fingerprint density at radius 2 is 0.737 bits per heavy atom. The van der Waals surface area contributed by atoms with Gasteiger partial charge in [-0.25, -0.2) is 0 Å². The molecule has 220 valence electrons. The number of rotatable bonds is 2. The van der Waals surface area contributed by atoms with E-state index in [0.717, 1.165) is 18.3 Å². The number of carbonyl (C=O) groups is 1. The summed E-state index contributed by atoms with van der Waals surface area (Å²) >= 11 is 0. The molecule has 1 nitrogen and oxygen atoms in total. The van der Waals surface area contributed by atoms with Crippen molar-refractivity contribution in [3.05, 3.63) is 108 Å². The van der Waals surface area contributed by atoms with Crippen LogP contribution >= 0.6 is 0 Å². The Morgan fingerprint density at radius 3 is 0.895 bits per heavy atom. The van der Waals surface area contributed by atoms with Crippen molar-refractivity contribution in [1.82, 2.24) is 0 Å². The molecule has 0 aliphatic carbocycles. The van der Waals surface area contributed by atoms with E-state index < -0.39 is 0 Å². The molecule has 0 aromatic heterocycles. The molecule has 3 aromatic rings. The molecule has 0 heterocycles. The van der Waals surface area contributed by atoms with Gasteiger partial charge in [0.15, 0.2) is 0 Å². The van der Waals surface area contributed by atoms with Crippen molar-refractivity contribution in [3.8, 4) is 0 Å². The molecule has 3 aromatic carbocycles. The molecular weight excluding hydrogens is 460 g/mol. The molecule has 0 saturated carbocycles. The molecule has 0 spiro atoms. The summed E-state index contributed by atoms with van der Waals surface area (Å²) in [6, 6.07) is 29.8. The molecule has 0 radical (unpaired) electrons. The third-order valence-electron chi connectivity index (χ3n) is 3.13. The average Bonchev–Trinajstić information content (AvgIpc) is 2.99. The first-order valence-electron chi connectivity index (χ1n) is 15.1. The van der Waals surface area contributed by atoms with Crippen molar-refractivity contribution < 1.29 is 4.79 Å². The standard InChI is InChI=1S/C8H10.C7H6O.C7H8.3C3H8.3C2H6/c1-2-8-6-4-3-5-7-8;8-6-7-4-2-1-3-5-7;1-7-5-3-2-4-6-7;3*1-3-2;3*1-2/h3-7H,2H2,1H3;1-6H;2-6H,1H3;3*3H2,1-2H3;3*1-2H3. The molecule has 0 unspecified atom stereocenters. The Labute approximate surface area is 241 Å². The lowest BCUT2D eigenvalue weighted by Crippen LogP contribution is -1.73. The first-order chi connectivity index (χ1) is 18.5. The van der Waals surface area contributed by atoms with Gasteiger partial charge in [-0.15, -0.1) is 0 Å². The maximum absolute atomic E-state index is 10.0. The van der Waals surface area contributed by atoms with Gasteiger partial charge in [-0.05, 0) is 18.9 Å². The predicted octanol–water partition coefficient (Wildman–Crippen LogP) is 13.1. The lowest BCUT2D eigenvalue weighted by molar-refractivity contribution is 0.112. The summed E-state index contributed by atoms with van der Waals surface area (Å²) in [6.45, 7) is 29.0. The van der Waals surface area contributed by atoms with Crippen molar-refractivity contribution in [2.45, 2.75) is 123 Å². The summed E-state index contributed by atoms with van der Waals surface area (Å²) in [5.41, 5.74) is 3.46. The second kappa shape index (κ2) is 55.0. The summed E-state index contributed by atoms with van der Waals surface area (Å²) in [4.78, 5) is 10.0. The molecule has 1 heteroatoms. The lowest BCUT2D eigenvalue weighted by Gasteiger charge is -1.89. The molecule has 0 amide bonds. The van der Waals surface area contributed by atoms with Crippen LogP contribution in [0, 0.1) is 6.92 Å². The number of carbonyl (C=O) groups excluding carboxylic acids is 1. The Hall–Kier alpha value is -2.67. The van der Waals surface area contributed by atoms with Crippen molar-refractivity contribution in [1.29, 1.82) is 0 Å². The summed E-state index contributed by atoms with van der Waals surface area (Å²) in [5.74, 6) is 0. The highest BCUT2D eigenvalue weighted by molar-refractivity contribution is 5.74. The second-order valence-electron chi connectivity index (χ2n) is 7.14. The maximum atomic E-state index is 10.0. The molecular formula is C37H66O. The summed E-state index contributed by atoms with van der Waals surface area (Å²) in [6.07, 6.45) is 5.72. The highest BCUT2D eigenvalue weighted by Gasteiger charge is 1.80. The van der Waals surface area contributed by atoms with Crippen molar-refractivity contribution in [2.75, 3.05) is 0 Å². The van der Waals surface area contributed by atoms with Gasteiger partial charge >= 0.3 is 0 Å². The van der Waals surface area contributed by atoms with Gasteiger partial charge in [-0.1, -0.05) is 206 Å². The molecule has 0 atom stereocenters. The van der Waals surface area contributed by atoms with Crippen LogP contribution in [-0.4, -0.2) is 6.29 Å². The molecule has 0 N–H and O–H groups in total. The SMILES string of the molecule is CC.CC.CC.CCC.CCC.CCC.CCc1ccccc1.Cc1ccccc1.O=Cc1ccccc1. The summed E-state index contributed by atoms with van der Waals surface area (Å²) in [7, 11) is 0. The van der Waals surface area contributed by atoms with Gasteiger partial charge in [0.1, 0.15) is 6.29 Å². The Bertz CT molecular complexity index is 671. The number of hydrogen-bond acceptors (Lipinski definition) is 1. The average molecular weight is 527 g/mol. The van der Waals surface area contributed by atoms with E-state index in [1.807, 2.05) is 84.0 Å². The molecule has 0 aliphatic heterocycles. The summed E-state index contributed by atoms with van der Waals surface area (Å²) in [5, 5.41) is 0. The fourth-order valence-corrected chi connectivity index (χ4v) is 1.78. The fraction of sp³-hybridized carbons (Fsp3) is 0.486. The zero-order valence-corrected chi connectivity index (χ0v) is 28.0. The summed E-state index contributed by atoms with van der Waals surface area (Å²) < 4.78 is 0. The van der Waals surface area contributed by atoms with E-state index in [4.69, 9.17) is 0 Å². The zero-order chi connectivity index (χ0) is 30.9. The second-order valence-corrected chi connectivity index (χ2v) is 7.14. The van der Waals surface area contributed by atoms with Crippen LogP contribution in [0.4, 0.5) is 0 Å². The van der Waals surface area contributed by atoms with Crippen LogP contribution in [0.15, 0.2) is 91.0 Å². The molecule has 0 aliphatic rings. The normalized spacial score (nSPS) is 7.21. The van der Waals surface area contributed by atoms with Crippen LogP contribution in [0.25, 0.3) is 0 Å². The van der Waals surface area contributed by atoms with Crippen LogP contribution < -0.4 is 0 Å². The third-order valence-corrected chi connectivity index (χ3v) is 3.13. The quantitative estimate of drug-likeness (QED) is 0.303. The van der Waals surface area contributed by atoms with E-state index in [1.165, 1.54) is 30.4 Å². The van der Waals surface area contributed by atoms with Gasteiger partial charge in [-0.3, -0.25) is 4.79 Å². The van der Waals surface area contributed by atoms with Crippen LogP contribution in [0.2, 0.25) is 0 Å². The van der Waals surface area contributed by atoms with E-state index in [2.05, 4.69) is 91.8 Å². The van der Waals surface area contributed by atoms with Gasteiger partial charge < -0.3 is 0 Å². The van der Waals surface area contributed by atoms with Crippen molar-refractivity contribution >= 4 is 6.29 Å². The molecule has 0 fully saturated rings. The highest BCUT2D eigenvalue weighted by Crippen LogP contribution is 1.97. The van der Waals surface area contributed by atoms with Gasteiger partial charge in [-0.2, -0.15) is 0 Å². The minimum Gasteiger partial charge on any atom is -0.298 e. The minimum atomic E-state index is 0.729. The van der Waals surface area contributed by atoms with Gasteiger partial charge in [0.25, 0.3) is 0 Å². The van der Waals surface area contributed by atoms with Crippen molar-refractivity contribution in [3.63, 3.8) is 0 Å². The Balaban J connectivity index is -0.0000000811. The first-order valence-corrected chi connectivity index (χ1v) is 15.1. The van der Waals surface area contributed by atoms with Crippen LogP contribution in [-0.2, 0) is 6.42 Å². The monoisotopic (exact) mass is 527 g/mol. The lowest BCUT2D eigenvalue weighted by atomic mass is 10.2. The molecule has 0 saturated heterocycles. The van der Waals surface area contributed by atoms with Gasteiger partial charge in [0.2, 0.25) is 0 Å². The molecule has 38 heavy (non-hydrogen) atoms. The molecule has 0 bridgehead atoms. The van der Waals surface area contributed by atoms with E-state index in [9.17, 15) is 4.79 Å². The molecule has 3 rings (SSSR count). The Kier molecular flexibility index (Phi) is 70.1.